The Morgan fingerprint density at radius 3 is 1.50 bits per heavy atom. The Morgan fingerprint density at radius 2 is 1.07 bits per heavy atom. The first-order valence-electron chi connectivity index (χ1n) is 9.42. The summed E-state index contributed by atoms with van der Waals surface area (Å²) < 4.78 is 0. The third-order valence-electron chi connectivity index (χ3n) is 5.92. The summed E-state index contributed by atoms with van der Waals surface area (Å²) in [6.07, 6.45) is -0.346. The van der Waals surface area contributed by atoms with Crippen LogP contribution in [0.1, 0.15) is 34.3 Å². The van der Waals surface area contributed by atoms with Crippen molar-refractivity contribution in [2.24, 2.45) is 0 Å². The largest absolute Gasteiger partial charge is 0.390 e. The molecule has 142 valence electrons. The maximum absolute atomic E-state index is 12.2. The van der Waals surface area contributed by atoms with Crippen molar-refractivity contribution in [3.05, 3.63) is 91.2 Å². The average molecular weight is 376 g/mol. The second-order valence-corrected chi connectivity index (χ2v) is 7.59. The van der Waals surface area contributed by atoms with Gasteiger partial charge in [-0.15, -0.1) is 0 Å². The maximum atomic E-state index is 12.2. The Balaban J connectivity index is 1.44. The van der Waals surface area contributed by atoms with Crippen LogP contribution in [-0.4, -0.2) is 22.4 Å². The van der Waals surface area contributed by atoms with Crippen molar-refractivity contribution in [1.29, 1.82) is 0 Å². The average Bonchev–Trinajstić information content (AvgIpc) is 3.19. The van der Waals surface area contributed by atoms with Crippen molar-refractivity contribution in [1.82, 2.24) is 0 Å². The number of aliphatic hydroxyl groups excluding tert-OH is 2. The lowest BCUT2D eigenvalue weighted by molar-refractivity contribution is 0.164. The smallest absolute Gasteiger partial charge is 0.253 e. The molecular weight excluding hydrogens is 356 g/mol. The predicted molar refractivity (Wildman–Crippen MR) is 106 cm³/mol. The molecule has 3 aromatic rings. The molecule has 4 atom stereocenters. The van der Waals surface area contributed by atoms with Crippen LogP contribution in [0, 0.1) is 0 Å². The molecule has 0 bridgehead atoms. The molecule has 0 amide bonds. The van der Waals surface area contributed by atoms with Crippen LogP contribution in [0.15, 0.2) is 58.1 Å². The molecule has 0 aromatic heterocycles. The topological polar surface area (TPSA) is 98.7 Å². The van der Waals surface area contributed by atoms with E-state index in [-0.39, 0.29) is 11.4 Å². The van der Waals surface area contributed by atoms with Crippen LogP contribution in [0.4, 0.5) is 11.4 Å². The Bertz CT molecular complexity index is 1040. The van der Waals surface area contributed by atoms with Gasteiger partial charge in [-0.2, -0.15) is 0 Å². The lowest BCUT2D eigenvalue weighted by atomic mass is 10.0. The third-order valence-corrected chi connectivity index (χ3v) is 5.92. The van der Waals surface area contributed by atoms with Crippen LogP contribution in [0.3, 0.4) is 0 Å². The van der Waals surface area contributed by atoms with E-state index >= 15 is 0 Å². The van der Waals surface area contributed by atoms with Gasteiger partial charge in [0.05, 0.1) is 24.3 Å². The first-order chi connectivity index (χ1) is 13.5. The van der Waals surface area contributed by atoms with E-state index in [4.69, 9.17) is 0 Å². The number of hydrogen-bond acceptors (Lipinski definition) is 6. The minimum atomic E-state index is -0.674. The van der Waals surface area contributed by atoms with Gasteiger partial charge in [0.2, 0.25) is 0 Å². The summed E-state index contributed by atoms with van der Waals surface area (Å²) >= 11 is 0. The number of aliphatic hydroxyl groups is 2. The summed E-state index contributed by atoms with van der Waals surface area (Å²) in [7, 11) is 0. The van der Waals surface area contributed by atoms with Crippen molar-refractivity contribution in [3.8, 4) is 0 Å². The van der Waals surface area contributed by atoms with Crippen LogP contribution >= 0.6 is 0 Å². The molecule has 0 unspecified atom stereocenters. The summed E-state index contributed by atoms with van der Waals surface area (Å²) in [4.78, 5) is 24.5. The van der Waals surface area contributed by atoms with Gasteiger partial charge < -0.3 is 20.8 Å². The van der Waals surface area contributed by atoms with Crippen LogP contribution in [-0.2, 0) is 12.8 Å². The van der Waals surface area contributed by atoms with Gasteiger partial charge in [-0.05, 0) is 22.3 Å². The Morgan fingerprint density at radius 1 is 0.679 bits per heavy atom. The van der Waals surface area contributed by atoms with E-state index in [0.29, 0.717) is 12.8 Å². The van der Waals surface area contributed by atoms with Crippen molar-refractivity contribution >= 4 is 11.4 Å². The third kappa shape index (κ3) is 2.49. The molecule has 3 aromatic carbocycles. The number of benzene rings is 2. The van der Waals surface area contributed by atoms with E-state index in [0.717, 1.165) is 22.3 Å². The molecule has 0 saturated carbocycles. The van der Waals surface area contributed by atoms with Crippen molar-refractivity contribution < 1.29 is 10.2 Å². The molecule has 2 aliphatic rings. The molecule has 28 heavy (non-hydrogen) atoms. The van der Waals surface area contributed by atoms with Crippen molar-refractivity contribution in [2.75, 3.05) is 10.6 Å². The fraction of sp³-hybridized carbons (Fsp3) is 0.273. The fourth-order valence-electron chi connectivity index (χ4n) is 4.47. The highest BCUT2D eigenvalue weighted by molar-refractivity contribution is 5.75. The maximum Gasteiger partial charge on any atom is 0.253 e. The van der Waals surface area contributed by atoms with E-state index in [2.05, 4.69) is 10.6 Å². The van der Waals surface area contributed by atoms with Crippen molar-refractivity contribution in [3.63, 3.8) is 0 Å². The van der Waals surface area contributed by atoms with Gasteiger partial charge in [0.25, 0.3) is 10.9 Å². The normalized spacial score (nSPS) is 25.5. The zero-order chi connectivity index (χ0) is 19.4. The van der Waals surface area contributed by atoms with Crippen LogP contribution in [0.2, 0.25) is 0 Å². The SMILES string of the molecule is O=c1c(N[C@H]2c3ccccc3C[C@H]2O)c(N[C@H]2c3ccccc3C[C@H]2O)c1=O. The Labute approximate surface area is 161 Å². The first-order valence-corrected chi connectivity index (χ1v) is 9.42. The van der Waals surface area contributed by atoms with Gasteiger partial charge in [0.1, 0.15) is 11.4 Å². The monoisotopic (exact) mass is 376 g/mol. The molecule has 0 heterocycles. The van der Waals surface area contributed by atoms with E-state index in [1.165, 1.54) is 0 Å². The summed E-state index contributed by atoms with van der Waals surface area (Å²) in [6.45, 7) is 0. The number of hydrogen-bond donors (Lipinski definition) is 4. The zero-order valence-electron chi connectivity index (χ0n) is 15.1. The Kier molecular flexibility index (Phi) is 3.86. The fourth-order valence-corrected chi connectivity index (χ4v) is 4.47. The molecule has 5 rings (SSSR count). The van der Waals surface area contributed by atoms with Gasteiger partial charge in [-0.1, -0.05) is 48.5 Å². The predicted octanol–water partition coefficient (Wildman–Crippen LogP) is 1.42. The van der Waals surface area contributed by atoms with E-state index in [1.54, 1.807) is 0 Å². The van der Waals surface area contributed by atoms with E-state index < -0.39 is 35.1 Å². The van der Waals surface area contributed by atoms with Gasteiger partial charge in [0.15, 0.2) is 0 Å². The highest BCUT2D eigenvalue weighted by atomic mass is 16.3. The summed E-state index contributed by atoms with van der Waals surface area (Å²) in [5.74, 6) is 0. The molecule has 2 aliphatic carbocycles. The summed E-state index contributed by atoms with van der Waals surface area (Å²) in [5.41, 5.74) is 3.09. The molecule has 0 saturated heterocycles. The molecule has 0 radical (unpaired) electrons. The Hall–Kier alpha value is -2.96. The summed E-state index contributed by atoms with van der Waals surface area (Å²) in [5, 5.41) is 27.0. The van der Waals surface area contributed by atoms with Gasteiger partial charge in [-0.3, -0.25) is 9.59 Å². The highest BCUT2D eigenvalue weighted by Crippen LogP contribution is 2.37. The zero-order valence-corrected chi connectivity index (χ0v) is 15.1. The molecular formula is C22H20N2O4. The molecule has 6 heteroatoms. The van der Waals surface area contributed by atoms with Crippen LogP contribution in [0.25, 0.3) is 0 Å². The molecule has 0 spiro atoms. The standard InChI is InChI=1S/C22H20N2O4/c25-15-9-11-5-1-3-7-13(11)17(15)23-19-20(22(28)21(19)27)24-18-14-8-4-2-6-12(14)10-16(18)26/h1-8,15-18,23-26H,9-10H2/t15-,16-,17+,18+/m1/s1. The second-order valence-electron chi connectivity index (χ2n) is 7.59. The molecule has 0 fully saturated rings. The van der Waals surface area contributed by atoms with Gasteiger partial charge >= 0.3 is 0 Å². The molecule has 0 aliphatic heterocycles. The number of anilines is 2. The van der Waals surface area contributed by atoms with Gasteiger partial charge in [-0.25, -0.2) is 0 Å². The lowest BCUT2D eigenvalue weighted by Gasteiger charge is -2.25. The number of rotatable bonds is 4. The summed E-state index contributed by atoms with van der Waals surface area (Å²) in [6, 6.07) is 14.4. The second kappa shape index (κ2) is 6.29. The van der Waals surface area contributed by atoms with Crippen LogP contribution < -0.4 is 21.5 Å². The quantitative estimate of drug-likeness (QED) is 0.514. The first kappa shape index (κ1) is 17.2. The highest BCUT2D eigenvalue weighted by Gasteiger charge is 2.36. The lowest BCUT2D eigenvalue weighted by Crippen LogP contribution is -2.40. The minimum Gasteiger partial charge on any atom is -0.390 e. The van der Waals surface area contributed by atoms with Crippen LogP contribution in [0.5, 0.6) is 0 Å². The minimum absolute atomic E-state index is 0.183. The van der Waals surface area contributed by atoms with E-state index in [9.17, 15) is 19.8 Å². The number of nitrogens with one attached hydrogen (secondary N) is 2. The van der Waals surface area contributed by atoms with Gasteiger partial charge in [0, 0.05) is 12.8 Å². The number of fused-ring (bicyclic) bond motifs is 2. The molecule has 4 N–H and O–H groups in total. The van der Waals surface area contributed by atoms with Crippen molar-refractivity contribution in [2.45, 2.75) is 37.1 Å². The van der Waals surface area contributed by atoms with E-state index in [1.807, 2.05) is 48.5 Å². The molecule has 6 nitrogen and oxygen atoms in total.